The number of pyridine rings is 1. The van der Waals surface area contributed by atoms with E-state index in [0.717, 1.165) is 15.6 Å². The molecule has 2 aromatic rings. The SMILES string of the molecule is Cc1cc(C(=O)NCc2ncc(C)s2)cc(N)n1. The van der Waals surface area contributed by atoms with E-state index >= 15 is 0 Å². The van der Waals surface area contributed by atoms with E-state index in [4.69, 9.17) is 5.73 Å². The Morgan fingerprint density at radius 2 is 2.22 bits per heavy atom. The van der Waals surface area contributed by atoms with Gasteiger partial charge in [0.1, 0.15) is 10.8 Å². The molecular formula is C12H14N4OS. The maximum Gasteiger partial charge on any atom is 0.251 e. The molecule has 2 aromatic heterocycles. The molecule has 2 heterocycles. The molecule has 0 aromatic carbocycles. The van der Waals surface area contributed by atoms with Gasteiger partial charge in [-0.15, -0.1) is 11.3 Å². The van der Waals surface area contributed by atoms with Crippen molar-refractivity contribution in [1.29, 1.82) is 0 Å². The van der Waals surface area contributed by atoms with Gasteiger partial charge in [0.15, 0.2) is 0 Å². The van der Waals surface area contributed by atoms with Crippen LogP contribution >= 0.6 is 11.3 Å². The van der Waals surface area contributed by atoms with Crippen LogP contribution in [0.5, 0.6) is 0 Å². The summed E-state index contributed by atoms with van der Waals surface area (Å²) in [4.78, 5) is 21.2. The predicted octanol–water partition coefficient (Wildman–Crippen LogP) is 1.67. The minimum Gasteiger partial charge on any atom is -0.384 e. The third kappa shape index (κ3) is 3.04. The van der Waals surface area contributed by atoms with Crippen molar-refractivity contribution < 1.29 is 4.79 Å². The Hall–Kier alpha value is -1.95. The monoisotopic (exact) mass is 262 g/mol. The molecule has 1 amide bonds. The lowest BCUT2D eigenvalue weighted by Gasteiger charge is -2.05. The molecule has 0 fully saturated rings. The maximum absolute atomic E-state index is 11.9. The number of thiazole rings is 1. The second kappa shape index (κ2) is 5.14. The highest BCUT2D eigenvalue weighted by atomic mass is 32.1. The molecule has 5 nitrogen and oxygen atoms in total. The highest BCUT2D eigenvalue weighted by Crippen LogP contribution is 2.11. The summed E-state index contributed by atoms with van der Waals surface area (Å²) in [7, 11) is 0. The molecule has 0 unspecified atom stereocenters. The molecule has 3 N–H and O–H groups in total. The second-order valence-corrected chi connectivity index (χ2v) is 5.29. The Balaban J connectivity index is 2.03. The van der Waals surface area contributed by atoms with Gasteiger partial charge in [-0.1, -0.05) is 0 Å². The summed E-state index contributed by atoms with van der Waals surface area (Å²) in [6, 6.07) is 3.27. The Bertz CT molecular complexity index is 559. The molecule has 0 aliphatic rings. The maximum atomic E-state index is 11.9. The van der Waals surface area contributed by atoms with Gasteiger partial charge in [0.25, 0.3) is 5.91 Å². The highest BCUT2D eigenvalue weighted by Gasteiger charge is 2.08. The van der Waals surface area contributed by atoms with E-state index in [2.05, 4.69) is 15.3 Å². The molecule has 0 bridgehead atoms. The van der Waals surface area contributed by atoms with Gasteiger partial charge >= 0.3 is 0 Å². The summed E-state index contributed by atoms with van der Waals surface area (Å²) in [5.41, 5.74) is 6.86. The van der Waals surface area contributed by atoms with E-state index in [9.17, 15) is 4.79 Å². The number of carbonyl (C=O) groups excluding carboxylic acids is 1. The average Bonchev–Trinajstić information content (AvgIpc) is 2.70. The van der Waals surface area contributed by atoms with Crippen LogP contribution in [0.25, 0.3) is 0 Å². The third-order valence-corrected chi connectivity index (χ3v) is 3.22. The van der Waals surface area contributed by atoms with Crippen molar-refractivity contribution in [3.63, 3.8) is 0 Å². The fourth-order valence-corrected chi connectivity index (χ4v) is 2.29. The lowest BCUT2D eigenvalue weighted by Crippen LogP contribution is -2.23. The van der Waals surface area contributed by atoms with E-state index in [0.29, 0.717) is 17.9 Å². The van der Waals surface area contributed by atoms with E-state index in [1.54, 1.807) is 36.6 Å². The van der Waals surface area contributed by atoms with Crippen LogP contribution in [0.4, 0.5) is 5.82 Å². The van der Waals surface area contributed by atoms with Crippen molar-refractivity contribution in [3.05, 3.63) is 39.5 Å². The van der Waals surface area contributed by atoms with E-state index in [-0.39, 0.29) is 5.91 Å². The smallest absolute Gasteiger partial charge is 0.251 e. The molecule has 0 spiro atoms. The quantitative estimate of drug-likeness (QED) is 0.881. The highest BCUT2D eigenvalue weighted by molar-refractivity contribution is 7.11. The largest absolute Gasteiger partial charge is 0.384 e. The van der Waals surface area contributed by atoms with Crippen LogP contribution in [-0.2, 0) is 6.54 Å². The Morgan fingerprint density at radius 3 is 2.83 bits per heavy atom. The van der Waals surface area contributed by atoms with Crippen LogP contribution in [0.3, 0.4) is 0 Å². The lowest BCUT2D eigenvalue weighted by molar-refractivity contribution is 0.0950. The predicted molar refractivity (Wildman–Crippen MR) is 71.4 cm³/mol. The zero-order chi connectivity index (χ0) is 13.1. The number of amides is 1. The number of nitrogens with two attached hydrogens (primary N) is 1. The number of hydrogen-bond acceptors (Lipinski definition) is 5. The van der Waals surface area contributed by atoms with Gasteiger partial charge < -0.3 is 11.1 Å². The molecular weight excluding hydrogens is 248 g/mol. The van der Waals surface area contributed by atoms with Gasteiger partial charge in [-0.2, -0.15) is 0 Å². The molecule has 2 rings (SSSR count). The van der Waals surface area contributed by atoms with Crippen molar-refractivity contribution in [2.75, 3.05) is 5.73 Å². The van der Waals surface area contributed by atoms with Crippen LogP contribution in [0.2, 0.25) is 0 Å². The number of carbonyl (C=O) groups is 1. The summed E-state index contributed by atoms with van der Waals surface area (Å²) in [5.74, 6) is 0.185. The van der Waals surface area contributed by atoms with Gasteiger partial charge in [-0.3, -0.25) is 4.79 Å². The number of hydrogen-bond donors (Lipinski definition) is 2. The van der Waals surface area contributed by atoms with Crippen LogP contribution in [0, 0.1) is 13.8 Å². The van der Waals surface area contributed by atoms with E-state index in [1.165, 1.54) is 0 Å². The summed E-state index contributed by atoms with van der Waals surface area (Å²) in [6.07, 6.45) is 1.79. The molecule has 0 atom stereocenters. The zero-order valence-corrected chi connectivity index (χ0v) is 11.0. The zero-order valence-electron chi connectivity index (χ0n) is 10.2. The molecule has 0 radical (unpaired) electrons. The number of anilines is 1. The molecule has 0 saturated heterocycles. The number of aromatic nitrogens is 2. The lowest BCUT2D eigenvalue weighted by atomic mass is 10.2. The molecule has 0 saturated carbocycles. The van der Waals surface area contributed by atoms with Crippen LogP contribution in [0.1, 0.15) is 25.9 Å². The van der Waals surface area contributed by atoms with Crippen LogP contribution in [0.15, 0.2) is 18.3 Å². The first-order chi connectivity index (χ1) is 8.54. The number of nitrogens with zero attached hydrogens (tertiary/aromatic N) is 2. The first-order valence-corrected chi connectivity index (χ1v) is 6.30. The summed E-state index contributed by atoms with van der Waals surface area (Å²) < 4.78 is 0. The Kier molecular flexibility index (Phi) is 3.57. The Morgan fingerprint density at radius 1 is 1.44 bits per heavy atom. The van der Waals surface area contributed by atoms with Crippen molar-refractivity contribution in [3.8, 4) is 0 Å². The fraction of sp³-hybridized carbons (Fsp3) is 0.250. The van der Waals surface area contributed by atoms with E-state index < -0.39 is 0 Å². The normalized spacial score (nSPS) is 10.3. The topological polar surface area (TPSA) is 80.9 Å². The number of aryl methyl sites for hydroxylation is 2. The fourth-order valence-electron chi connectivity index (χ4n) is 1.57. The molecule has 0 aliphatic carbocycles. The van der Waals surface area contributed by atoms with Crippen molar-refractivity contribution in [2.45, 2.75) is 20.4 Å². The van der Waals surface area contributed by atoms with Crippen LogP contribution in [-0.4, -0.2) is 15.9 Å². The van der Waals surface area contributed by atoms with Gasteiger partial charge in [0.2, 0.25) is 0 Å². The van der Waals surface area contributed by atoms with Crippen molar-refractivity contribution in [1.82, 2.24) is 15.3 Å². The summed E-state index contributed by atoms with van der Waals surface area (Å²) in [5, 5.41) is 3.70. The minimum atomic E-state index is -0.167. The first-order valence-electron chi connectivity index (χ1n) is 5.48. The molecule has 18 heavy (non-hydrogen) atoms. The standard InChI is InChI=1S/C12H14N4OS/c1-7-3-9(4-10(13)16-7)12(17)15-6-11-14-5-8(2)18-11/h3-5H,6H2,1-2H3,(H2,13,16)(H,15,17). The minimum absolute atomic E-state index is 0.167. The third-order valence-electron chi connectivity index (χ3n) is 2.30. The van der Waals surface area contributed by atoms with Gasteiger partial charge in [-0.25, -0.2) is 9.97 Å². The van der Waals surface area contributed by atoms with E-state index in [1.807, 2.05) is 6.92 Å². The second-order valence-electron chi connectivity index (χ2n) is 3.97. The summed E-state index contributed by atoms with van der Waals surface area (Å²) in [6.45, 7) is 4.21. The first kappa shape index (κ1) is 12.5. The van der Waals surface area contributed by atoms with Crippen molar-refractivity contribution in [2.24, 2.45) is 0 Å². The molecule has 0 aliphatic heterocycles. The van der Waals surface area contributed by atoms with Gasteiger partial charge in [0, 0.05) is 22.3 Å². The van der Waals surface area contributed by atoms with Gasteiger partial charge in [0.05, 0.1) is 6.54 Å². The number of nitrogens with one attached hydrogen (secondary N) is 1. The van der Waals surface area contributed by atoms with Crippen LogP contribution < -0.4 is 11.1 Å². The van der Waals surface area contributed by atoms with Crippen molar-refractivity contribution >= 4 is 23.1 Å². The van der Waals surface area contributed by atoms with Gasteiger partial charge in [-0.05, 0) is 26.0 Å². The molecule has 6 heteroatoms. The summed E-state index contributed by atoms with van der Waals surface area (Å²) >= 11 is 1.57. The Labute approximate surface area is 109 Å². The number of nitrogen functional groups attached to an aromatic ring is 1. The average molecular weight is 262 g/mol. The number of rotatable bonds is 3. The molecule has 94 valence electrons.